The van der Waals surface area contributed by atoms with Crippen LogP contribution in [0.25, 0.3) is 10.9 Å². The van der Waals surface area contributed by atoms with Crippen molar-refractivity contribution in [3.63, 3.8) is 0 Å². The number of benzene rings is 1. The van der Waals surface area contributed by atoms with Crippen LogP contribution in [0.5, 0.6) is 0 Å². The van der Waals surface area contributed by atoms with Crippen LogP contribution in [-0.2, 0) is 0 Å². The molecule has 3 rings (SSSR count). The lowest BCUT2D eigenvalue weighted by atomic mass is 10.1. The molecule has 1 unspecified atom stereocenters. The van der Waals surface area contributed by atoms with Gasteiger partial charge in [0.25, 0.3) is 0 Å². The molecule has 102 valence electrons. The molecule has 0 saturated carbocycles. The SMILES string of the molecule is CC(Nc1c(C#N)nnc2ccccc12)c1cccnc1. The molecule has 0 radical (unpaired) electrons. The fourth-order valence-electron chi connectivity index (χ4n) is 2.21. The highest BCUT2D eigenvalue weighted by Gasteiger charge is 2.13. The van der Waals surface area contributed by atoms with Crippen molar-refractivity contribution in [1.29, 1.82) is 5.26 Å². The highest BCUT2D eigenvalue weighted by Crippen LogP contribution is 2.27. The smallest absolute Gasteiger partial charge is 0.186 e. The molecular formula is C16H13N5. The van der Waals surface area contributed by atoms with E-state index in [2.05, 4.69) is 26.6 Å². The summed E-state index contributed by atoms with van der Waals surface area (Å²) in [6.07, 6.45) is 3.54. The van der Waals surface area contributed by atoms with Crippen molar-refractivity contribution in [2.24, 2.45) is 0 Å². The molecule has 1 atom stereocenters. The van der Waals surface area contributed by atoms with E-state index in [1.165, 1.54) is 0 Å². The minimum atomic E-state index is 0.0124. The molecule has 0 saturated heterocycles. The zero-order valence-corrected chi connectivity index (χ0v) is 11.5. The maximum atomic E-state index is 9.26. The molecule has 0 fully saturated rings. The molecule has 1 aromatic carbocycles. The van der Waals surface area contributed by atoms with E-state index in [4.69, 9.17) is 0 Å². The summed E-state index contributed by atoms with van der Waals surface area (Å²) in [5.41, 5.74) is 2.81. The van der Waals surface area contributed by atoms with Crippen LogP contribution >= 0.6 is 0 Å². The lowest BCUT2D eigenvalue weighted by Gasteiger charge is -2.17. The number of pyridine rings is 1. The first-order valence-corrected chi connectivity index (χ1v) is 6.61. The van der Waals surface area contributed by atoms with Gasteiger partial charge in [-0.2, -0.15) is 5.26 Å². The van der Waals surface area contributed by atoms with Gasteiger partial charge in [0.1, 0.15) is 6.07 Å². The summed E-state index contributed by atoms with van der Waals surface area (Å²) in [4.78, 5) is 4.12. The number of anilines is 1. The van der Waals surface area contributed by atoms with Crippen molar-refractivity contribution in [2.45, 2.75) is 13.0 Å². The molecule has 21 heavy (non-hydrogen) atoms. The van der Waals surface area contributed by atoms with E-state index in [9.17, 15) is 5.26 Å². The van der Waals surface area contributed by atoms with Gasteiger partial charge in [-0.25, -0.2) is 0 Å². The Bertz CT molecular complexity index is 808. The Balaban J connectivity index is 2.05. The molecule has 5 nitrogen and oxygen atoms in total. The number of nitrogens with one attached hydrogen (secondary N) is 1. The monoisotopic (exact) mass is 275 g/mol. The van der Waals surface area contributed by atoms with Crippen LogP contribution in [0.2, 0.25) is 0 Å². The van der Waals surface area contributed by atoms with Gasteiger partial charge < -0.3 is 5.32 Å². The first-order valence-electron chi connectivity index (χ1n) is 6.61. The van der Waals surface area contributed by atoms with E-state index < -0.39 is 0 Å². The van der Waals surface area contributed by atoms with E-state index in [1.54, 1.807) is 12.4 Å². The zero-order chi connectivity index (χ0) is 14.7. The molecule has 0 aliphatic rings. The minimum Gasteiger partial charge on any atom is -0.376 e. The quantitative estimate of drug-likeness (QED) is 0.795. The topological polar surface area (TPSA) is 74.5 Å². The van der Waals surface area contributed by atoms with Crippen LogP contribution in [0.3, 0.4) is 0 Å². The Labute approximate surface area is 122 Å². The third-order valence-corrected chi connectivity index (χ3v) is 3.32. The highest BCUT2D eigenvalue weighted by molar-refractivity contribution is 5.92. The molecule has 1 N–H and O–H groups in total. The lowest BCUT2D eigenvalue weighted by molar-refractivity contribution is 0.872. The van der Waals surface area contributed by atoms with Gasteiger partial charge >= 0.3 is 0 Å². The van der Waals surface area contributed by atoms with E-state index >= 15 is 0 Å². The highest BCUT2D eigenvalue weighted by atomic mass is 15.1. The molecule has 0 aliphatic heterocycles. The number of nitrogens with zero attached hydrogens (tertiary/aromatic N) is 4. The van der Waals surface area contributed by atoms with Crippen LogP contribution in [0.15, 0.2) is 48.8 Å². The van der Waals surface area contributed by atoms with E-state index in [0.29, 0.717) is 11.4 Å². The molecule has 0 amide bonds. The molecule has 0 bridgehead atoms. The summed E-state index contributed by atoms with van der Waals surface area (Å²) >= 11 is 0. The van der Waals surface area contributed by atoms with Gasteiger partial charge in [0.05, 0.1) is 17.2 Å². The third kappa shape index (κ3) is 2.51. The van der Waals surface area contributed by atoms with Crippen LogP contribution in [0, 0.1) is 11.3 Å². The fourth-order valence-corrected chi connectivity index (χ4v) is 2.21. The molecule has 5 heteroatoms. The first-order chi connectivity index (χ1) is 10.3. The summed E-state index contributed by atoms with van der Waals surface area (Å²) in [5, 5.41) is 21.6. The standard InChI is InChI=1S/C16H13N5/c1-11(12-5-4-8-18-10-12)19-16-13-6-2-3-7-14(13)20-21-15(16)9-17/h2-8,10-11H,1H3,(H,19,20). The van der Waals surface area contributed by atoms with Crippen molar-refractivity contribution in [1.82, 2.24) is 15.2 Å². The number of hydrogen-bond acceptors (Lipinski definition) is 5. The predicted octanol–water partition coefficient (Wildman–Crippen LogP) is 3.07. The van der Waals surface area contributed by atoms with Gasteiger partial charge in [-0.15, -0.1) is 10.2 Å². The Morgan fingerprint density at radius 1 is 1.14 bits per heavy atom. The van der Waals surface area contributed by atoms with Crippen molar-refractivity contribution < 1.29 is 0 Å². The molecule has 0 aliphatic carbocycles. The number of nitriles is 1. The van der Waals surface area contributed by atoms with Gasteiger partial charge in [0, 0.05) is 17.8 Å². The van der Waals surface area contributed by atoms with Crippen LogP contribution < -0.4 is 5.32 Å². The second-order valence-electron chi connectivity index (χ2n) is 4.70. The van der Waals surface area contributed by atoms with Crippen molar-refractivity contribution in [2.75, 3.05) is 5.32 Å². The fraction of sp³-hybridized carbons (Fsp3) is 0.125. The van der Waals surface area contributed by atoms with Crippen LogP contribution in [-0.4, -0.2) is 15.2 Å². The van der Waals surface area contributed by atoms with Crippen molar-refractivity contribution >= 4 is 16.6 Å². The van der Waals surface area contributed by atoms with Crippen molar-refractivity contribution in [3.05, 3.63) is 60.0 Å². The largest absolute Gasteiger partial charge is 0.376 e. The van der Waals surface area contributed by atoms with Crippen molar-refractivity contribution in [3.8, 4) is 6.07 Å². The van der Waals surface area contributed by atoms with Crippen LogP contribution in [0.4, 0.5) is 5.69 Å². The second kappa shape index (κ2) is 5.55. The van der Waals surface area contributed by atoms with Gasteiger partial charge in [-0.1, -0.05) is 24.3 Å². The van der Waals surface area contributed by atoms with Gasteiger partial charge in [-0.3, -0.25) is 4.98 Å². The maximum Gasteiger partial charge on any atom is 0.186 e. The number of fused-ring (bicyclic) bond motifs is 1. The molecule has 3 aromatic rings. The average Bonchev–Trinajstić information content (AvgIpc) is 2.56. The zero-order valence-electron chi connectivity index (χ0n) is 11.5. The maximum absolute atomic E-state index is 9.26. The Hall–Kier alpha value is -3.00. The number of rotatable bonds is 3. The average molecular weight is 275 g/mol. The predicted molar refractivity (Wildman–Crippen MR) is 80.5 cm³/mol. The summed E-state index contributed by atoms with van der Waals surface area (Å²) in [5.74, 6) is 0. The first kappa shape index (κ1) is 13.0. The Kier molecular flexibility index (Phi) is 3.44. The Morgan fingerprint density at radius 3 is 2.76 bits per heavy atom. The molecule has 2 heterocycles. The molecular weight excluding hydrogens is 262 g/mol. The van der Waals surface area contributed by atoms with E-state index in [0.717, 1.165) is 16.5 Å². The molecule has 2 aromatic heterocycles. The number of hydrogen-bond donors (Lipinski definition) is 1. The van der Waals surface area contributed by atoms with E-state index in [-0.39, 0.29) is 6.04 Å². The summed E-state index contributed by atoms with van der Waals surface area (Å²) in [7, 11) is 0. The second-order valence-corrected chi connectivity index (χ2v) is 4.70. The molecule has 0 spiro atoms. The van der Waals surface area contributed by atoms with E-state index in [1.807, 2.05) is 43.3 Å². The van der Waals surface area contributed by atoms with Gasteiger partial charge in [0.2, 0.25) is 0 Å². The summed E-state index contributed by atoms with van der Waals surface area (Å²) in [6, 6.07) is 13.6. The normalized spacial score (nSPS) is 11.8. The minimum absolute atomic E-state index is 0.0124. The van der Waals surface area contributed by atoms with Crippen LogP contribution in [0.1, 0.15) is 24.2 Å². The third-order valence-electron chi connectivity index (χ3n) is 3.32. The summed E-state index contributed by atoms with van der Waals surface area (Å²) in [6.45, 7) is 2.02. The summed E-state index contributed by atoms with van der Waals surface area (Å²) < 4.78 is 0. The lowest BCUT2D eigenvalue weighted by Crippen LogP contribution is -2.10. The Morgan fingerprint density at radius 2 is 2.00 bits per heavy atom. The number of aromatic nitrogens is 3. The van der Waals surface area contributed by atoms with Gasteiger partial charge in [-0.05, 0) is 24.6 Å². The van der Waals surface area contributed by atoms with Gasteiger partial charge in [0.15, 0.2) is 5.69 Å².